The van der Waals surface area contributed by atoms with Crippen LogP contribution in [0.5, 0.6) is 5.88 Å². The Hall–Kier alpha value is -2.59. The lowest BCUT2D eigenvalue weighted by molar-refractivity contribution is -0.138. The van der Waals surface area contributed by atoms with E-state index in [0.29, 0.717) is 5.56 Å². The minimum atomic E-state index is -4.37. The fourth-order valence-corrected chi connectivity index (χ4v) is 3.51. The Morgan fingerprint density at radius 3 is 2.52 bits per heavy atom. The monoisotopic (exact) mass is 400 g/mol. The number of benzene rings is 1. The first-order chi connectivity index (χ1) is 12.7. The average molecular weight is 400 g/mol. The van der Waals surface area contributed by atoms with Crippen LogP contribution in [0.2, 0.25) is 0 Å². The SMILES string of the molecule is Cc1ccc(CC(NS(=O)(=O)c2cccnc2OCC(F)F)C(=O)O)cc1. The molecule has 1 atom stereocenters. The molecule has 7 nitrogen and oxygen atoms in total. The molecule has 2 aromatic rings. The van der Waals surface area contributed by atoms with Crippen molar-refractivity contribution in [2.24, 2.45) is 0 Å². The minimum Gasteiger partial charge on any atom is -0.480 e. The van der Waals surface area contributed by atoms with Crippen LogP contribution in [0.4, 0.5) is 8.78 Å². The van der Waals surface area contributed by atoms with Crippen LogP contribution in [-0.4, -0.2) is 43.6 Å². The summed E-state index contributed by atoms with van der Waals surface area (Å²) < 4.78 is 56.6. The second-order valence-corrected chi connectivity index (χ2v) is 7.39. The second kappa shape index (κ2) is 8.87. The molecule has 0 aliphatic heterocycles. The van der Waals surface area contributed by atoms with E-state index in [1.807, 2.05) is 6.92 Å². The summed E-state index contributed by atoms with van der Waals surface area (Å²) in [6.45, 7) is 0.829. The smallest absolute Gasteiger partial charge is 0.322 e. The van der Waals surface area contributed by atoms with E-state index in [2.05, 4.69) is 9.71 Å². The molecule has 1 unspecified atom stereocenters. The third kappa shape index (κ3) is 5.97. The van der Waals surface area contributed by atoms with Crippen molar-refractivity contribution in [1.82, 2.24) is 9.71 Å². The molecule has 2 N–H and O–H groups in total. The molecule has 1 aromatic heterocycles. The van der Waals surface area contributed by atoms with Crippen LogP contribution in [0.25, 0.3) is 0 Å². The topological polar surface area (TPSA) is 106 Å². The van der Waals surface area contributed by atoms with Crippen molar-refractivity contribution in [2.75, 3.05) is 6.61 Å². The van der Waals surface area contributed by atoms with Gasteiger partial charge in [-0.1, -0.05) is 29.8 Å². The van der Waals surface area contributed by atoms with Crippen molar-refractivity contribution in [3.05, 3.63) is 53.7 Å². The molecule has 0 aliphatic carbocycles. The second-order valence-electron chi connectivity index (χ2n) is 5.71. The summed E-state index contributed by atoms with van der Waals surface area (Å²) in [4.78, 5) is 14.6. The van der Waals surface area contributed by atoms with Crippen molar-refractivity contribution in [3.8, 4) is 5.88 Å². The summed E-state index contributed by atoms with van der Waals surface area (Å²) in [5, 5.41) is 9.37. The number of rotatable bonds is 9. The number of carboxylic acid groups (broad SMARTS) is 1. The molecule has 0 saturated carbocycles. The highest BCUT2D eigenvalue weighted by molar-refractivity contribution is 7.89. The number of nitrogens with zero attached hydrogens (tertiary/aromatic N) is 1. The third-order valence-corrected chi connectivity index (χ3v) is 5.01. The van der Waals surface area contributed by atoms with Gasteiger partial charge in [0.2, 0.25) is 15.9 Å². The molecule has 0 aliphatic rings. The van der Waals surface area contributed by atoms with Crippen molar-refractivity contribution >= 4 is 16.0 Å². The molecule has 27 heavy (non-hydrogen) atoms. The van der Waals surface area contributed by atoms with Gasteiger partial charge in [-0.05, 0) is 31.0 Å². The van der Waals surface area contributed by atoms with Crippen LogP contribution in [0.1, 0.15) is 11.1 Å². The molecular formula is C17H18F2N2O5S. The van der Waals surface area contributed by atoms with Gasteiger partial charge in [0.15, 0.2) is 6.61 Å². The summed E-state index contributed by atoms with van der Waals surface area (Å²) in [5.41, 5.74) is 1.60. The standard InChI is InChI=1S/C17H18F2N2O5S/c1-11-4-6-12(7-5-11)9-13(17(22)23)21-27(24,25)14-3-2-8-20-16(14)26-10-15(18)19/h2-8,13,15,21H,9-10H2,1H3,(H,22,23). The largest absolute Gasteiger partial charge is 0.480 e. The van der Waals surface area contributed by atoms with Gasteiger partial charge in [0, 0.05) is 6.20 Å². The first kappa shape index (κ1) is 20.7. The van der Waals surface area contributed by atoms with E-state index in [4.69, 9.17) is 4.74 Å². The van der Waals surface area contributed by atoms with E-state index < -0.39 is 45.8 Å². The van der Waals surface area contributed by atoms with Crippen molar-refractivity contribution in [3.63, 3.8) is 0 Å². The van der Waals surface area contributed by atoms with Gasteiger partial charge in [0.1, 0.15) is 10.9 Å². The number of aliphatic carboxylic acids is 1. The number of alkyl halides is 2. The lowest BCUT2D eigenvalue weighted by atomic mass is 10.1. The Balaban J connectivity index is 2.24. The van der Waals surface area contributed by atoms with Crippen LogP contribution < -0.4 is 9.46 Å². The minimum absolute atomic E-state index is 0.0949. The van der Waals surface area contributed by atoms with E-state index in [1.165, 1.54) is 12.3 Å². The molecule has 0 radical (unpaired) electrons. The Morgan fingerprint density at radius 2 is 1.93 bits per heavy atom. The normalized spacial score (nSPS) is 12.7. The molecule has 0 bridgehead atoms. The molecule has 0 spiro atoms. The average Bonchev–Trinajstić information content (AvgIpc) is 2.61. The maximum absolute atomic E-state index is 12.6. The van der Waals surface area contributed by atoms with Gasteiger partial charge in [0.25, 0.3) is 6.43 Å². The maximum atomic E-state index is 12.6. The number of aromatic nitrogens is 1. The third-order valence-electron chi connectivity index (χ3n) is 3.53. The van der Waals surface area contributed by atoms with E-state index in [9.17, 15) is 27.1 Å². The highest BCUT2D eigenvalue weighted by Crippen LogP contribution is 2.21. The van der Waals surface area contributed by atoms with E-state index in [-0.39, 0.29) is 6.42 Å². The van der Waals surface area contributed by atoms with Gasteiger partial charge >= 0.3 is 5.97 Å². The first-order valence-corrected chi connectivity index (χ1v) is 9.34. The number of pyridine rings is 1. The summed E-state index contributed by atoms with van der Waals surface area (Å²) in [7, 11) is -4.37. The van der Waals surface area contributed by atoms with Gasteiger partial charge in [0.05, 0.1) is 0 Å². The Kier molecular flexibility index (Phi) is 6.81. The number of aryl methyl sites for hydroxylation is 1. The Labute approximate surface area is 155 Å². The number of hydrogen-bond donors (Lipinski definition) is 2. The van der Waals surface area contributed by atoms with Gasteiger partial charge < -0.3 is 9.84 Å². The fraction of sp³-hybridized carbons (Fsp3) is 0.294. The van der Waals surface area contributed by atoms with Crippen LogP contribution in [0.15, 0.2) is 47.5 Å². The van der Waals surface area contributed by atoms with E-state index in [1.54, 1.807) is 24.3 Å². The summed E-state index contributed by atoms with van der Waals surface area (Å²) in [6.07, 6.45) is -1.73. The number of nitrogens with one attached hydrogen (secondary N) is 1. The Morgan fingerprint density at radius 1 is 1.26 bits per heavy atom. The van der Waals surface area contributed by atoms with Crippen molar-refractivity contribution in [1.29, 1.82) is 0 Å². The van der Waals surface area contributed by atoms with Gasteiger partial charge in [-0.15, -0.1) is 0 Å². The van der Waals surface area contributed by atoms with E-state index >= 15 is 0 Å². The number of carbonyl (C=O) groups is 1. The van der Waals surface area contributed by atoms with E-state index in [0.717, 1.165) is 11.6 Å². The molecule has 0 fully saturated rings. The number of halogens is 2. The van der Waals surface area contributed by atoms with Crippen molar-refractivity contribution in [2.45, 2.75) is 30.7 Å². The molecule has 1 heterocycles. The number of carboxylic acids is 1. The Bertz CT molecular complexity index is 888. The van der Waals surface area contributed by atoms with Gasteiger partial charge in [-0.2, -0.15) is 4.72 Å². The van der Waals surface area contributed by atoms with Gasteiger partial charge in [-0.25, -0.2) is 22.2 Å². The lowest BCUT2D eigenvalue weighted by Crippen LogP contribution is -2.42. The number of sulfonamides is 1. The summed E-state index contributed by atoms with van der Waals surface area (Å²) in [6, 6.07) is 7.86. The molecule has 0 saturated heterocycles. The van der Waals surface area contributed by atoms with Crippen LogP contribution in [0, 0.1) is 6.92 Å². The zero-order valence-corrected chi connectivity index (χ0v) is 15.1. The first-order valence-electron chi connectivity index (χ1n) is 7.85. The molecule has 0 amide bonds. The predicted octanol–water partition coefficient (Wildman–Crippen LogP) is 2.01. The quantitative estimate of drug-likeness (QED) is 0.667. The number of ether oxygens (including phenoxy) is 1. The van der Waals surface area contributed by atoms with Crippen LogP contribution in [-0.2, 0) is 21.2 Å². The zero-order valence-electron chi connectivity index (χ0n) is 14.3. The molecule has 1 aromatic carbocycles. The lowest BCUT2D eigenvalue weighted by Gasteiger charge is -2.16. The molecule has 146 valence electrons. The van der Waals surface area contributed by atoms with Crippen molar-refractivity contribution < 1.29 is 31.8 Å². The highest BCUT2D eigenvalue weighted by Gasteiger charge is 2.28. The van der Waals surface area contributed by atoms with Gasteiger partial charge in [-0.3, -0.25) is 4.79 Å². The fourth-order valence-electron chi connectivity index (χ4n) is 2.22. The van der Waals surface area contributed by atoms with Crippen LogP contribution in [0.3, 0.4) is 0 Å². The highest BCUT2D eigenvalue weighted by atomic mass is 32.2. The summed E-state index contributed by atoms with van der Waals surface area (Å²) >= 11 is 0. The molecule has 2 rings (SSSR count). The summed E-state index contributed by atoms with van der Waals surface area (Å²) in [5.74, 6) is -1.90. The van der Waals surface area contributed by atoms with Crippen LogP contribution >= 0.6 is 0 Å². The molecule has 10 heteroatoms. The maximum Gasteiger partial charge on any atom is 0.322 e. The molecular weight excluding hydrogens is 382 g/mol. The number of hydrogen-bond acceptors (Lipinski definition) is 5. The predicted molar refractivity (Wildman–Crippen MR) is 92.4 cm³/mol. The zero-order chi connectivity index (χ0) is 20.0.